The molecule has 6 nitrogen and oxygen atoms in total. The average molecular weight is 492 g/mol. The average Bonchev–Trinajstić information content (AvgIpc) is 2.89. The molecule has 2 saturated heterocycles. The standard InChI is InChI=1S/C28H31F2N5O/c1-19-9-13-34(14-10-19)22-7-8-26(24(30)16-22)33-27(20-5-6-21(18-31)23(29)15-20)17-25(32)28(36)35-11-3-2-4-12-35/h5-8,15-17,19H,2-4,9-14,32H2,1H3. The van der Waals surface area contributed by atoms with Crippen molar-refractivity contribution in [2.24, 2.45) is 16.6 Å². The number of likely N-dealkylation sites (tertiary alicyclic amines) is 1. The number of piperidine rings is 2. The largest absolute Gasteiger partial charge is 0.394 e. The predicted octanol–water partition coefficient (Wildman–Crippen LogP) is 5.05. The van der Waals surface area contributed by atoms with E-state index < -0.39 is 11.6 Å². The van der Waals surface area contributed by atoms with Gasteiger partial charge in [-0.3, -0.25) is 4.79 Å². The molecule has 188 valence electrons. The SMILES string of the molecule is CC1CCN(c2ccc(N=C(C=C(N)C(=O)N3CCCCC3)c3ccc(C#N)c(F)c3)c(F)c2)CC1. The summed E-state index contributed by atoms with van der Waals surface area (Å²) in [6.07, 6.45) is 6.37. The molecule has 0 radical (unpaired) electrons. The number of nitrogens with two attached hydrogens (primary N) is 1. The second-order valence-electron chi connectivity index (χ2n) is 9.56. The highest BCUT2D eigenvalue weighted by Gasteiger charge is 2.20. The number of benzene rings is 2. The highest BCUT2D eigenvalue weighted by Crippen LogP contribution is 2.28. The van der Waals surface area contributed by atoms with Crippen molar-refractivity contribution in [2.75, 3.05) is 31.1 Å². The van der Waals surface area contributed by atoms with Crippen LogP contribution in [0, 0.1) is 28.9 Å². The molecule has 2 aromatic carbocycles. The van der Waals surface area contributed by atoms with Crippen LogP contribution in [0.15, 0.2) is 53.2 Å². The zero-order valence-electron chi connectivity index (χ0n) is 20.5. The number of carbonyl (C=O) groups is 1. The van der Waals surface area contributed by atoms with Gasteiger partial charge in [0.2, 0.25) is 0 Å². The van der Waals surface area contributed by atoms with Crippen LogP contribution in [0.2, 0.25) is 0 Å². The molecule has 2 aliphatic rings. The summed E-state index contributed by atoms with van der Waals surface area (Å²) in [4.78, 5) is 21.1. The first-order chi connectivity index (χ1) is 17.4. The van der Waals surface area contributed by atoms with Crippen molar-refractivity contribution in [3.05, 3.63) is 70.9 Å². The molecule has 0 spiro atoms. The van der Waals surface area contributed by atoms with Gasteiger partial charge in [0.15, 0.2) is 5.82 Å². The number of halogens is 2. The zero-order chi connectivity index (χ0) is 25.7. The molecule has 0 aliphatic carbocycles. The summed E-state index contributed by atoms with van der Waals surface area (Å²) in [5.74, 6) is -0.916. The molecule has 8 heteroatoms. The number of hydrogen-bond donors (Lipinski definition) is 1. The third kappa shape index (κ3) is 5.91. The number of allylic oxidation sites excluding steroid dienone is 1. The number of hydrogen-bond acceptors (Lipinski definition) is 5. The van der Waals surface area contributed by atoms with E-state index in [1.807, 2.05) is 6.07 Å². The maximum absolute atomic E-state index is 15.2. The summed E-state index contributed by atoms with van der Waals surface area (Å²) in [7, 11) is 0. The minimum Gasteiger partial charge on any atom is -0.394 e. The monoisotopic (exact) mass is 491 g/mol. The van der Waals surface area contributed by atoms with Gasteiger partial charge in [0.05, 0.1) is 22.7 Å². The van der Waals surface area contributed by atoms with E-state index in [-0.39, 0.29) is 34.1 Å². The molecule has 2 aliphatic heterocycles. The third-order valence-electron chi connectivity index (χ3n) is 6.89. The van der Waals surface area contributed by atoms with Gasteiger partial charge in [0, 0.05) is 37.4 Å². The van der Waals surface area contributed by atoms with E-state index in [0.717, 1.165) is 56.9 Å². The molecule has 0 unspecified atom stereocenters. The molecule has 4 rings (SSSR count). The van der Waals surface area contributed by atoms with Crippen molar-refractivity contribution in [3.63, 3.8) is 0 Å². The minimum absolute atomic E-state index is 0.0540. The highest BCUT2D eigenvalue weighted by molar-refractivity contribution is 6.13. The lowest BCUT2D eigenvalue weighted by molar-refractivity contribution is -0.128. The number of amides is 1. The molecule has 0 aromatic heterocycles. The van der Waals surface area contributed by atoms with Crippen molar-refractivity contribution >= 4 is 23.0 Å². The molecule has 2 heterocycles. The molecule has 2 N–H and O–H groups in total. The maximum atomic E-state index is 15.2. The van der Waals surface area contributed by atoms with Crippen LogP contribution < -0.4 is 10.6 Å². The number of carbonyl (C=O) groups excluding carboxylic acids is 1. The van der Waals surface area contributed by atoms with Gasteiger partial charge < -0.3 is 15.5 Å². The van der Waals surface area contributed by atoms with Crippen LogP contribution in [0.5, 0.6) is 0 Å². The van der Waals surface area contributed by atoms with Crippen LogP contribution in [0.3, 0.4) is 0 Å². The summed E-state index contributed by atoms with van der Waals surface area (Å²) in [5.41, 5.74) is 7.24. The Kier molecular flexibility index (Phi) is 7.99. The van der Waals surface area contributed by atoms with Crippen molar-refractivity contribution in [2.45, 2.75) is 39.0 Å². The van der Waals surface area contributed by atoms with E-state index in [4.69, 9.17) is 11.0 Å². The Morgan fingerprint density at radius 3 is 2.42 bits per heavy atom. The molecule has 0 atom stereocenters. The predicted molar refractivity (Wildman–Crippen MR) is 137 cm³/mol. The number of anilines is 1. The molecule has 1 amide bonds. The van der Waals surface area contributed by atoms with Crippen molar-refractivity contribution in [3.8, 4) is 6.07 Å². The van der Waals surface area contributed by atoms with E-state index >= 15 is 4.39 Å². The van der Waals surface area contributed by atoms with E-state index in [1.54, 1.807) is 17.0 Å². The van der Waals surface area contributed by atoms with Gasteiger partial charge in [-0.25, -0.2) is 13.8 Å². The normalized spacial score (nSPS) is 17.7. The van der Waals surface area contributed by atoms with E-state index in [0.29, 0.717) is 19.0 Å². The van der Waals surface area contributed by atoms with E-state index in [1.165, 1.54) is 24.3 Å². The Balaban J connectivity index is 1.68. The Hall–Kier alpha value is -3.73. The fourth-order valence-corrected chi connectivity index (χ4v) is 4.61. The smallest absolute Gasteiger partial charge is 0.269 e. The highest BCUT2D eigenvalue weighted by atomic mass is 19.1. The number of aliphatic imine (C=N–C) groups is 1. The first-order valence-corrected chi connectivity index (χ1v) is 12.5. The Bertz CT molecular complexity index is 1220. The maximum Gasteiger partial charge on any atom is 0.269 e. The topological polar surface area (TPSA) is 85.7 Å². The third-order valence-corrected chi connectivity index (χ3v) is 6.89. The Morgan fingerprint density at radius 2 is 1.78 bits per heavy atom. The van der Waals surface area contributed by atoms with Gasteiger partial charge in [-0.05, 0) is 74.4 Å². The Labute approximate surface area is 210 Å². The molecular formula is C28H31F2N5O. The molecule has 2 aromatic rings. The zero-order valence-corrected chi connectivity index (χ0v) is 20.5. The van der Waals surface area contributed by atoms with Gasteiger partial charge in [-0.2, -0.15) is 5.26 Å². The number of rotatable bonds is 5. The van der Waals surface area contributed by atoms with Gasteiger partial charge in [0.25, 0.3) is 5.91 Å². The molecule has 0 saturated carbocycles. The number of nitriles is 1. The second-order valence-corrected chi connectivity index (χ2v) is 9.56. The summed E-state index contributed by atoms with van der Waals surface area (Å²) in [5, 5.41) is 9.07. The van der Waals surface area contributed by atoms with Crippen LogP contribution in [-0.2, 0) is 4.79 Å². The lowest BCUT2D eigenvalue weighted by Crippen LogP contribution is -2.38. The minimum atomic E-state index is -0.729. The van der Waals surface area contributed by atoms with Crippen molar-refractivity contribution in [1.29, 1.82) is 5.26 Å². The van der Waals surface area contributed by atoms with Gasteiger partial charge in [0.1, 0.15) is 11.9 Å². The molecule has 36 heavy (non-hydrogen) atoms. The van der Waals surface area contributed by atoms with E-state index in [9.17, 15) is 9.18 Å². The summed E-state index contributed by atoms with van der Waals surface area (Å²) in [6.45, 7) is 5.21. The van der Waals surface area contributed by atoms with Crippen molar-refractivity contribution < 1.29 is 13.6 Å². The van der Waals surface area contributed by atoms with Crippen LogP contribution >= 0.6 is 0 Å². The fraction of sp³-hybridized carbons (Fsp3) is 0.393. The van der Waals surface area contributed by atoms with Crippen molar-refractivity contribution in [1.82, 2.24) is 4.90 Å². The van der Waals surface area contributed by atoms with Gasteiger partial charge in [-0.15, -0.1) is 0 Å². The van der Waals surface area contributed by atoms with Gasteiger partial charge in [-0.1, -0.05) is 13.0 Å². The van der Waals surface area contributed by atoms with E-state index in [2.05, 4.69) is 16.8 Å². The summed E-state index contributed by atoms with van der Waals surface area (Å²) < 4.78 is 29.6. The first kappa shape index (κ1) is 25.4. The molecule has 2 fully saturated rings. The van der Waals surface area contributed by atoms with Gasteiger partial charge >= 0.3 is 0 Å². The molecule has 0 bridgehead atoms. The van der Waals surface area contributed by atoms with Crippen LogP contribution in [0.25, 0.3) is 0 Å². The quantitative estimate of drug-likeness (QED) is 0.469. The van der Waals surface area contributed by atoms with Crippen LogP contribution in [0.1, 0.15) is 50.2 Å². The second kappa shape index (κ2) is 11.3. The molecular weight excluding hydrogens is 460 g/mol. The lowest BCUT2D eigenvalue weighted by Gasteiger charge is -2.32. The first-order valence-electron chi connectivity index (χ1n) is 12.5. The fourth-order valence-electron chi connectivity index (χ4n) is 4.61. The van der Waals surface area contributed by atoms with Crippen LogP contribution in [-0.4, -0.2) is 42.7 Å². The summed E-state index contributed by atoms with van der Waals surface area (Å²) >= 11 is 0. The lowest BCUT2D eigenvalue weighted by atomic mass is 9.99. The number of nitrogens with zero attached hydrogens (tertiary/aromatic N) is 4. The summed E-state index contributed by atoms with van der Waals surface area (Å²) in [6, 6.07) is 10.6. The van der Waals surface area contributed by atoms with Crippen LogP contribution in [0.4, 0.5) is 20.2 Å². The Morgan fingerprint density at radius 1 is 1.06 bits per heavy atom.